The lowest BCUT2D eigenvalue weighted by Gasteiger charge is -2.18. The number of esters is 1. The number of amides is 2. The lowest BCUT2D eigenvalue weighted by Crippen LogP contribution is -2.35. The molecule has 25 heavy (non-hydrogen) atoms. The van der Waals surface area contributed by atoms with Gasteiger partial charge in [-0.05, 0) is 24.3 Å². The molecule has 0 atom stereocenters. The zero-order chi connectivity index (χ0) is 18.7. The van der Waals surface area contributed by atoms with Gasteiger partial charge in [0.1, 0.15) is 6.42 Å². The Morgan fingerprint density at radius 3 is 2.28 bits per heavy atom. The number of nitrogens with zero attached hydrogens (tertiary/aromatic N) is 2. The van der Waals surface area contributed by atoms with Crippen molar-refractivity contribution in [1.29, 1.82) is 5.26 Å². The Morgan fingerprint density at radius 2 is 1.76 bits per heavy atom. The minimum Gasteiger partial charge on any atom is -0.452 e. The molecule has 0 unspecified atom stereocenters. The monoisotopic (exact) mass is 341 g/mol. The van der Waals surface area contributed by atoms with Gasteiger partial charge in [0.05, 0.1) is 11.6 Å². The van der Waals surface area contributed by atoms with E-state index in [0.717, 1.165) is 0 Å². The lowest BCUT2D eigenvalue weighted by molar-refractivity contribution is -0.133. The fourth-order valence-corrected chi connectivity index (χ4v) is 1.86. The molecule has 0 fully saturated rings. The molecule has 1 rings (SSSR count). The van der Waals surface area contributed by atoms with Crippen LogP contribution in [0.15, 0.2) is 49.6 Å². The average Bonchev–Trinajstić information content (AvgIpc) is 2.60. The first-order chi connectivity index (χ1) is 12.0. The van der Waals surface area contributed by atoms with E-state index in [9.17, 15) is 14.4 Å². The lowest BCUT2D eigenvalue weighted by atomic mass is 10.2. The van der Waals surface area contributed by atoms with Crippen molar-refractivity contribution in [1.82, 2.24) is 4.90 Å². The molecule has 0 spiro atoms. The molecule has 1 aromatic rings. The normalized spacial score (nSPS) is 9.40. The molecule has 0 aliphatic carbocycles. The summed E-state index contributed by atoms with van der Waals surface area (Å²) in [5.41, 5.74) is 0.695. The minimum atomic E-state index is -0.652. The first kappa shape index (κ1) is 19.6. The van der Waals surface area contributed by atoms with E-state index in [2.05, 4.69) is 18.5 Å². The van der Waals surface area contributed by atoms with Crippen molar-refractivity contribution in [2.75, 3.05) is 25.0 Å². The summed E-state index contributed by atoms with van der Waals surface area (Å²) in [6.45, 7) is 7.41. The number of carbonyl (C=O) groups excluding carboxylic acids is 3. The third-order valence-corrected chi connectivity index (χ3v) is 3.02. The van der Waals surface area contributed by atoms with Gasteiger partial charge in [-0.3, -0.25) is 9.59 Å². The Hall–Kier alpha value is -3.40. The van der Waals surface area contributed by atoms with E-state index < -0.39 is 11.9 Å². The van der Waals surface area contributed by atoms with Crippen molar-refractivity contribution in [3.63, 3.8) is 0 Å². The third-order valence-electron chi connectivity index (χ3n) is 3.02. The van der Waals surface area contributed by atoms with E-state index in [1.54, 1.807) is 18.2 Å². The number of nitriles is 1. The van der Waals surface area contributed by atoms with E-state index >= 15 is 0 Å². The molecule has 7 nitrogen and oxygen atoms in total. The van der Waals surface area contributed by atoms with Gasteiger partial charge in [0.2, 0.25) is 5.91 Å². The summed E-state index contributed by atoms with van der Waals surface area (Å²) in [5.74, 6) is -1.44. The van der Waals surface area contributed by atoms with E-state index in [1.807, 2.05) is 0 Å². The quantitative estimate of drug-likeness (QED) is 0.546. The van der Waals surface area contributed by atoms with Gasteiger partial charge in [-0.25, -0.2) is 4.79 Å². The second kappa shape index (κ2) is 10.4. The van der Waals surface area contributed by atoms with Gasteiger partial charge in [0.15, 0.2) is 6.61 Å². The van der Waals surface area contributed by atoms with Gasteiger partial charge >= 0.3 is 5.97 Å². The Labute approximate surface area is 146 Å². The Balaban J connectivity index is 2.58. The molecule has 0 radical (unpaired) electrons. The number of carbonyl (C=O) groups is 3. The van der Waals surface area contributed by atoms with Gasteiger partial charge in [-0.1, -0.05) is 12.2 Å². The molecule has 130 valence electrons. The van der Waals surface area contributed by atoms with Gasteiger partial charge in [-0.2, -0.15) is 5.26 Å². The van der Waals surface area contributed by atoms with Crippen LogP contribution in [-0.2, 0) is 14.3 Å². The number of rotatable bonds is 9. The molecule has 0 heterocycles. The number of anilines is 1. The van der Waals surface area contributed by atoms with E-state index in [-0.39, 0.29) is 24.5 Å². The number of benzene rings is 1. The Morgan fingerprint density at radius 1 is 1.16 bits per heavy atom. The zero-order valence-corrected chi connectivity index (χ0v) is 13.7. The predicted molar refractivity (Wildman–Crippen MR) is 92.6 cm³/mol. The van der Waals surface area contributed by atoms with Crippen LogP contribution in [0.5, 0.6) is 0 Å². The summed E-state index contributed by atoms with van der Waals surface area (Å²) in [7, 11) is 0. The van der Waals surface area contributed by atoms with Crippen LogP contribution in [-0.4, -0.2) is 42.4 Å². The summed E-state index contributed by atoms with van der Waals surface area (Å²) in [4.78, 5) is 36.7. The van der Waals surface area contributed by atoms with Crippen LogP contribution in [0.3, 0.4) is 0 Å². The van der Waals surface area contributed by atoms with Crippen LogP contribution < -0.4 is 5.32 Å². The molecule has 7 heteroatoms. The summed E-state index contributed by atoms with van der Waals surface area (Å²) in [6.07, 6.45) is 2.89. The average molecular weight is 341 g/mol. The molecular weight excluding hydrogens is 322 g/mol. The van der Waals surface area contributed by atoms with Crippen molar-refractivity contribution < 1.29 is 19.1 Å². The van der Waals surface area contributed by atoms with Crippen LogP contribution in [0.1, 0.15) is 16.8 Å². The van der Waals surface area contributed by atoms with Gasteiger partial charge < -0.3 is 15.0 Å². The molecule has 2 amide bonds. The van der Waals surface area contributed by atoms with Crippen LogP contribution in [0.4, 0.5) is 5.69 Å². The van der Waals surface area contributed by atoms with Crippen molar-refractivity contribution in [3.8, 4) is 6.07 Å². The standard InChI is InChI=1S/C18H19N3O4/c1-3-11-21(12-4-2)17(23)13-25-18(24)14-5-7-15(8-6-14)20-16(22)9-10-19/h3-8H,1-2,9,11-13H2,(H,20,22). The SMILES string of the molecule is C=CCN(CC=C)C(=O)COC(=O)c1ccc(NC(=O)CC#N)cc1. The molecule has 0 aromatic heterocycles. The minimum absolute atomic E-state index is 0.241. The number of ether oxygens (including phenoxy) is 1. The maximum absolute atomic E-state index is 12.0. The first-order valence-electron chi connectivity index (χ1n) is 7.45. The van der Waals surface area contributed by atoms with Crippen molar-refractivity contribution >= 4 is 23.5 Å². The van der Waals surface area contributed by atoms with E-state index in [4.69, 9.17) is 10.00 Å². The number of hydrogen-bond donors (Lipinski definition) is 1. The van der Waals surface area contributed by atoms with Crippen LogP contribution >= 0.6 is 0 Å². The van der Waals surface area contributed by atoms with Crippen LogP contribution in [0.25, 0.3) is 0 Å². The van der Waals surface area contributed by atoms with Crippen LogP contribution in [0, 0.1) is 11.3 Å². The molecule has 1 aromatic carbocycles. The highest BCUT2D eigenvalue weighted by Crippen LogP contribution is 2.11. The fourth-order valence-electron chi connectivity index (χ4n) is 1.86. The summed E-state index contributed by atoms with van der Waals surface area (Å²) in [6, 6.07) is 7.67. The predicted octanol–water partition coefficient (Wildman–Crippen LogP) is 1.90. The van der Waals surface area contributed by atoms with Gasteiger partial charge in [0.25, 0.3) is 5.91 Å². The second-order valence-electron chi connectivity index (χ2n) is 4.91. The summed E-state index contributed by atoms with van der Waals surface area (Å²) < 4.78 is 4.99. The second-order valence-corrected chi connectivity index (χ2v) is 4.91. The Kier molecular flexibility index (Phi) is 8.16. The van der Waals surface area contributed by atoms with Gasteiger partial charge in [0, 0.05) is 18.8 Å². The van der Waals surface area contributed by atoms with Gasteiger partial charge in [-0.15, -0.1) is 13.2 Å². The largest absolute Gasteiger partial charge is 0.452 e. The maximum atomic E-state index is 12.0. The van der Waals surface area contributed by atoms with Crippen molar-refractivity contribution in [2.24, 2.45) is 0 Å². The van der Waals surface area contributed by atoms with E-state index in [0.29, 0.717) is 18.8 Å². The number of hydrogen-bond acceptors (Lipinski definition) is 5. The highest BCUT2D eigenvalue weighted by Gasteiger charge is 2.14. The molecule has 0 aliphatic heterocycles. The molecule has 0 aliphatic rings. The third kappa shape index (κ3) is 6.71. The smallest absolute Gasteiger partial charge is 0.338 e. The summed E-state index contributed by atoms with van der Waals surface area (Å²) in [5, 5.41) is 10.9. The Bertz CT molecular complexity index is 679. The highest BCUT2D eigenvalue weighted by molar-refractivity contribution is 5.94. The fraction of sp³-hybridized carbons (Fsp3) is 0.222. The molecule has 0 saturated heterocycles. The molecule has 0 bridgehead atoms. The molecule has 1 N–H and O–H groups in total. The van der Waals surface area contributed by atoms with Crippen molar-refractivity contribution in [2.45, 2.75) is 6.42 Å². The molecule has 0 saturated carbocycles. The highest BCUT2D eigenvalue weighted by atomic mass is 16.5. The van der Waals surface area contributed by atoms with Crippen molar-refractivity contribution in [3.05, 3.63) is 55.1 Å². The zero-order valence-electron chi connectivity index (χ0n) is 13.7. The molecular formula is C18H19N3O4. The first-order valence-corrected chi connectivity index (χ1v) is 7.45. The number of nitrogens with one attached hydrogen (secondary N) is 1. The van der Waals surface area contributed by atoms with Crippen LogP contribution in [0.2, 0.25) is 0 Å². The summed E-state index contributed by atoms with van der Waals surface area (Å²) >= 11 is 0. The van der Waals surface area contributed by atoms with E-state index in [1.165, 1.54) is 29.2 Å². The maximum Gasteiger partial charge on any atom is 0.338 e. The topological polar surface area (TPSA) is 99.5 Å².